The smallest absolute Gasteiger partial charge is 0.223 e. The Kier molecular flexibility index (Phi) is 3.01. The van der Waals surface area contributed by atoms with Crippen LogP contribution in [0.1, 0.15) is 19.2 Å². The van der Waals surface area contributed by atoms with Crippen molar-refractivity contribution in [1.82, 2.24) is 14.9 Å². The highest BCUT2D eigenvalue weighted by molar-refractivity contribution is 5.81. The van der Waals surface area contributed by atoms with Crippen molar-refractivity contribution >= 4 is 16.9 Å². The number of para-hydroxylation sites is 2. The quantitative estimate of drug-likeness (QED) is 0.912. The minimum atomic E-state index is 0.203. The third kappa shape index (κ3) is 2.35. The third-order valence-electron chi connectivity index (χ3n) is 3.93. The predicted molar refractivity (Wildman–Crippen MR) is 74.8 cm³/mol. The summed E-state index contributed by atoms with van der Waals surface area (Å²) < 4.78 is 2.16. The van der Waals surface area contributed by atoms with Gasteiger partial charge in [-0.25, -0.2) is 4.98 Å². The van der Waals surface area contributed by atoms with Gasteiger partial charge in [-0.05, 0) is 31.4 Å². The van der Waals surface area contributed by atoms with Crippen molar-refractivity contribution in [3.8, 4) is 0 Å². The molecule has 0 unspecified atom stereocenters. The van der Waals surface area contributed by atoms with Gasteiger partial charge in [-0.15, -0.1) is 0 Å². The van der Waals surface area contributed by atoms with Gasteiger partial charge in [0.15, 0.2) is 0 Å². The third-order valence-corrected chi connectivity index (χ3v) is 3.93. The van der Waals surface area contributed by atoms with Crippen LogP contribution in [0.15, 0.2) is 24.3 Å². The number of amides is 1. The normalized spacial score (nSPS) is 21.6. The first-order valence-corrected chi connectivity index (χ1v) is 6.86. The highest BCUT2D eigenvalue weighted by Crippen LogP contribution is 2.37. The van der Waals surface area contributed by atoms with Crippen molar-refractivity contribution < 1.29 is 4.79 Å². The van der Waals surface area contributed by atoms with Crippen molar-refractivity contribution in [2.45, 2.75) is 26.8 Å². The molecular formula is C15H19N3O. The molecule has 0 aliphatic heterocycles. The largest absolute Gasteiger partial charge is 0.354 e. The van der Waals surface area contributed by atoms with Crippen molar-refractivity contribution in [3.05, 3.63) is 30.1 Å². The van der Waals surface area contributed by atoms with Gasteiger partial charge < -0.3 is 9.88 Å². The molecule has 2 aromatic rings. The van der Waals surface area contributed by atoms with Gasteiger partial charge in [0.1, 0.15) is 5.82 Å². The van der Waals surface area contributed by atoms with Crippen LogP contribution in [-0.2, 0) is 11.3 Å². The van der Waals surface area contributed by atoms with Crippen molar-refractivity contribution in [2.75, 3.05) is 6.54 Å². The van der Waals surface area contributed by atoms with E-state index in [1.165, 1.54) is 0 Å². The van der Waals surface area contributed by atoms with Gasteiger partial charge in [-0.2, -0.15) is 0 Å². The zero-order valence-electron chi connectivity index (χ0n) is 11.4. The molecule has 1 aromatic carbocycles. The SMILES string of the molecule is Cc1nc2ccccc2n1CCNC(=O)[C@@H]1C[C@@H]1C. The molecule has 1 heterocycles. The number of rotatable bonds is 4. The fourth-order valence-electron chi connectivity index (χ4n) is 2.59. The van der Waals surface area contributed by atoms with Crippen LogP contribution in [0.3, 0.4) is 0 Å². The summed E-state index contributed by atoms with van der Waals surface area (Å²) in [7, 11) is 0. The van der Waals surface area contributed by atoms with E-state index < -0.39 is 0 Å². The summed E-state index contributed by atoms with van der Waals surface area (Å²) in [6.07, 6.45) is 1.04. The molecule has 1 amide bonds. The molecule has 1 aliphatic carbocycles. The van der Waals surface area contributed by atoms with Gasteiger partial charge in [0, 0.05) is 19.0 Å². The molecule has 100 valence electrons. The first kappa shape index (κ1) is 12.2. The summed E-state index contributed by atoms with van der Waals surface area (Å²) in [6.45, 7) is 5.57. The van der Waals surface area contributed by atoms with E-state index in [0.717, 1.165) is 29.8 Å². The number of carbonyl (C=O) groups excluding carboxylic acids is 1. The second-order valence-electron chi connectivity index (χ2n) is 5.41. The lowest BCUT2D eigenvalue weighted by Crippen LogP contribution is -2.29. The fraction of sp³-hybridized carbons (Fsp3) is 0.467. The number of nitrogens with zero attached hydrogens (tertiary/aromatic N) is 2. The lowest BCUT2D eigenvalue weighted by Gasteiger charge is -2.08. The van der Waals surface area contributed by atoms with Crippen LogP contribution in [0.2, 0.25) is 0 Å². The molecule has 19 heavy (non-hydrogen) atoms. The molecule has 4 heteroatoms. The summed E-state index contributed by atoms with van der Waals surface area (Å²) in [5.41, 5.74) is 2.15. The monoisotopic (exact) mass is 257 g/mol. The van der Waals surface area contributed by atoms with Gasteiger partial charge >= 0.3 is 0 Å². The van der Waals surface area contributed by atoms with Gasteiger partial charge in [0.2, 0.25) is 5.91 Å². The molecule has 0 saturated heterocycles. The van der Waals surface area contributed by atoms with Crippen LogP contribution < -0.4 is 5.32 Å². The molecule has 1 N–H and O–H groups in total. The molecule has 0 radical (unpaired) electrons. The molecule has 1 saturated carbocycles. The number of imidazole rings is 1. The number of nitrogens with one attached hydrogen (secondary N) is 1. The Balaban J connectivity index is 1.65. The Bertz CT molecular complexity index is 617. The lowest BCUT2D eigenvalue weighted by molar-refractivity contribution is -0.122. The van der Waals surface area contributed by atoms with Crippen LogP contribution in [0.25, 0.3) is 11.0 Å². The predicted octanol–water partition coefficient (Wildman–Crippen LogP) is 2.12. The number of benzene rings is 1. The Morgan fingerprint density at radius 3 is 2.95 bits per heavy atom. The summed E-state index contributed by atoms with van der Waals surface area (Å²) in [4.78, 5) is 16.3. The van der Waals surface area contributed by atoms with E-state index in [9.17, 15) is 4.79 Å². The lowest BCUT2D eigenvalue weighted by atomic mass is 10.3. The van der Waals surface area contributed by atoms with Crippen molar-refractivity contribution in [1.29, 1.82) is 0 Å². The molecule has 1 aromatic heterocycles. The maximum absolute atomic E-state index is 11.8. The van der Waals surface area contributed by atoms with E-state index in [4.69, 9.17) is 0 Å². The van der Waals surface area contributed by atoms with Gasteiger partial charge in [-0.3, -0.25) is 4.79 Å². The van der Waals surface area contributed by atoms with E-state index in [0.29, 0.717) is 12.5 Å². The average molecular weight is 257 g/mol. The maximum atomic E-state index is 11.8. The second kappa shape index (κ2) is 4.68. The van der Waals surface area contributed by atoms with E-state index >= 15 is 0 Å². The van der Waals surface area contributed by atoms with E-state index in [1.807, 2.05) is 25.1 Å². The Labute approximate surface area is 112 Å². The summed E-state index contributed by atoms with van der Waals surface area (Å²) in [5.74, 6) is 2.02. The molecular weight excluding hydrogens is 238 g/mol. The summed E-state index contributed by atoms with van der Waals surface area (Å²) in [5, 5.41) is 3.02. The van der Waals surface area contributed by atoms with Gasteiger partial charge in [0.05, 0.1) is 11.0 Å². The Hall–Kier alpha value is -1.84. The highest BCUT2D eigenvalue weighted by Gasteiger charge is 2.38. The minimum absolute atomic E-state index is 0.203. The number of hydrogen-bond donors (Lipinski definition) is 1. The van der Waals surface area contributed by atoms with Crippen LogP contribution >= 0.6 is 0 Å². The number of hydrogen-bond acceptors (Lipinski definition) is 2. The topological polar surface area (TPSA) is 46.9 Å². The molecule has 1 aliphatic rings. The second-order valence-corrected chi connectivity index (χ2v) is 5.41. The standard InChI is InChI=1S/C15H19N3O/c1-10-9-12(10)15(19)16-7-8-18-11(2)17-13-5-3-4-6-14(13)18/h3-6,10,12H,7-9H2,1-2H3,(H,16,19)/t10-,12+/m0/s1. The van der Waals surface area contributed by atoms with Crippen LogP contribution in [0.4, 0.5) is 0 Å². The molecule has 4 nitrogen and oxygen atoms in total. The Morgan fingerprint density at radius 1 is 1.47 bits per heavy atom. The molecule has 2 atom stereocenters. The summed E-state index contributed by atoms with van der Waals surface area (Å²) >= 11 is 0. The van der Waals surface area contributed by atoms with E-state index in [1.54, 1.807) is 0 Å². The van der Waals surface area contributed by atoms with Crippen LogP contribution in [0.5, 0.6) is 0 Å². The molecule has 1 fully saturated rings. The molecule has 3 rings (SSSR count). The van der Waals surface area contributed by atoms with Gasteiger partial charge in [0.25, 0.3) is 0 Å². The van der Waals surface area contributed by atoms with Crippen molar-refractivity contribution in [3.63, 3.8) is 0 Å². The van der Waals surface area contributed by atoms with Crippen LogP contribution in [-0.4, -0.2) is 22.0 Å². The zero-order chi connectivity index (χ0) is 13.4. The zero-order valence-corrected chi connectivity index (χ0v) is 11.4. The first-order chi connectivity index (χ1) is 9.16. The number of aromatic nitrogens is 2. The maximum Gasteiger partial charge on any atom is 0.223 e. The van der Waals surface area contributed by atoms with Gasteiger partial charge in [-0.1, -0.05) is 19.1 Å². The van der Waals surface area contributed by atoms with E-state index in [-0.39, 0.29) is 11.8 Å². The van der Waals surface area contributed by atoms with E-state index in [2.05, 4.69) is 27.9 Å². The number of fused-ring (bicyclic) bond motifs is 1. The summed E-state index contributed by atoms with van der Waals surface area (Å²) in [6, 6.07) is 8.10. The molecule has 0 spiro atoms. The number of aryl methyl sites for hydroxylation is 1. The highest BCUT2D eigenvalue weighted by atomic mass is 16.2. The van der Waals surface area contributed by atoms with Crippen molar-refractivity contribution in [2.24, 2.45) is 11.8 Å². The minimum Gasteiger partial charge on any atom is -0.354 e. The number of carbonyl (C=O) groups is 1. The molecule has 0 bridgehead atoms. The fourth-order valence-corrected chi connectivity index (χ4v) is 2.59. The average Bonchev–Trinajstić information content (AvgIpc) is 3.04. The van der Waals surface area contributed by atoms with Crippen LogP contribution in [0, 0.1) is 18.8 Å². The Morgan fingerprint density at radius 2 is 2.21 bits per heavy atom. The first-order valence-electron chi connectivity index (χ1n) is 6.86.